The molecule has 1 aliphatic rings. The molecule has 1 saturated heterocycles. The van der Waals surface area contributed by atoms with Gasteiger partial charge in [0, 0.05) is 18.0 Å². The summed E-state index contributed by atoms with van der Waals surface area (Å²) in [7, 11) is 1.40. The van der Waals surface area contributed by atoms with Gasteiger partial charge in [0.25, 0.3) is 5.91 Å². The molecule has 0 spiro atoms. The van der Waals surface area contributed by atoms with Crippen molar-refractivity contribution >= 4 is 23.2 Å². The molecule has 1 amide bonds. The van der Waals surface area contributed by atoms with Crippen LogP contribution in [0, 0.1) is 12.8 Å². The predicted octanol–water partition coefficient (Wildman–Crippen LogP) is 2.64. The molecule has 0 saturated carbocycles. The summed E-state index contributed by atoms with van der Waals surface area (Å²) in [6.45, 7) is 5.35. The molecule has 20 heavy (non-hydrogen) atoms. The fourth-order valence-corrected chi connectivity index (χ4v) is 3.73. The van der Waals surface area contributed by atoms with Crippen LogP contribution < -0.4 is 0 Å². The summed E-state index contributed by atoms with van der Waals surface area (Å²) >= 11 is 1.55. The van der Waals surface area contributed by atoms with Crippen LogP contribution in [0.1, 0.15) is 39.9 Å². The minimum absolute atomic E-state index is 0.0476. The minimum Gasteiger partial charge on any atom is -0.469 e. The molecular formula is C15H21NO3S. The number of nitrogens with zero attached hydrogens (tertiary/aromatic N) is 1. The molecule has 4 nitrogen and oxygen atoms in total. The number of thiophene rings is 1. The van der Waals surface area contributed by atoms with Crippen LogP contribution in [0.3, 0.4) is 0 Å². The Morgan fingerprint density at radius 1 is 1.50 bits per heavy atom. The van der Waals surface area contributed by atoms with Crippen molar-refractivity contribution in [2.45, 2.75) is 33.1 Å². The van der Waals surface area contributed by atoms with Crippen LogP contribution in [0.5, 0.6) is 0 Å². The number of methoxy groups -OCH3 is 1. The lowest BCUT2D eigenvalue weighted by atomic mass is 9.98. The third kappa shape index (κ3) is 3.03. The van der Waals surface area contributed by atoms with Crippen LogP contribution in [0.4, 0.5) is 0 Å². The fourth-order valence-electron chi connectivity index (χ4n) is 2.65. The lowest BCUT2D eigenvalue weighted by Gasteiger charge is -2.31. The second kappa shape index (κ2) is 6.39. The van der Waals surface area contributed by atoms with Gasteiger partial charge in [-0.05, 0) is 37.8 Å². The van der Waals surface area contributed by atoms with Crippen LogP contribution in [-0.2, 0) is 16.0 Å². The number of esters is 1. The highest BCUT2D eigenvalue weighted by molar-refractivity contribution is 7.14. The number of likely N-dealkylation sites (tertiary alicyclic amines) is 1. The molecule has 1 fully saturated rings. The number of amides is 1. The standard InChI is InChI=1S/C15H21NO3S/c1-4-11-8-13(20-10(11)2)14(17)16-7-5-6-12(9-16)15(18)19-3/h8,12H,4-7,9H2,1-3H3/t12-/m0/s1. The molecule has 1 aliphatic heterocycles. The number of hydrogen-bond donors (Lipinski definition) is 0. The molecule has 0 aliphatic carbocycles. The monoisotopic (exact) mass is 295 g/mol. The van der Waals surface area contributed by atoms with E-state index in [4.69, 9.17) is 4.74 Å². The first-order chi connectivity index (χ1) is 9.56. The Hall–Kier alpha value is -1.36. The number of aryl methyl sites for hydroxylation is 2. The molecule has 0 N–H and O–H groups in total. The molecule has 5 heteroatoms. The van der Waals surface area contributed by atoms with E-state index in [9.17, 15) is 9.59 Å². The second-order valence-corrected chi connectivity index (χ2v) is 6.42. The summed E-state index contributed by atoms with van der Waals surface area (Å²) in [5.41, 5.74) is 1.24. The molecule has 0 unspecified atom stereocenters. The first kappa shape index (κ1) is 15.0. The summed E-state index contributed by atoms with van der Waals surface area (Å²) in [4.78, 5) is 27.9. The van der Waals surface area contributed by atoms with E-state index in [1.165, 1.54) is 17.6 Å². The summed E-state index contributed by atoms with van der Waals surface area (Å²) in [6, 6.07) is 1.99. The molecule has 110 valence electrons. The third-order valence-corrected chi connectivity index (χ3v) is 4.94. The SMILES string of the molecule is CCc1cc(C(=O)N2CCC[C@H](C(=O)OC)C2)sc1C. The molecule has 0 aromatic carbocycles. The molecule has 0 bridgehead atoms. The molecule has 0 radical (unpaired) electrons. The van der Waals surface area contributed by atoms with Crippen LogP contribution in [-0.4, -0.2) is 37.0 Å². The van der Waals surface area contributed by atoms with Crippen LogP contribution in [0.25, 0.3) is 0 Å². The van der Waals surface area contributed by atoms with E-state index < -0.39 is 0 Å². The van der Waals surface area contributed by atoms with Gasteiger partial charge in [0.05, 0.1) is 17.9 Å². The lowest BCUT2D eigenvalue weighted by Crippen LogP contribution is -2.42. The van der Waals surface area contributed by atoms with E-state index in [1.807, 2.05) is 13.0 Å². The zero-order valence-electron chi connectivity index (χ0n) is 12.3. The molecule has 2 rings (SSSR count). The molecule has 1 atom stereocenters. The molecular weight excluding hydrogens is 274 g/mol. The third-order valence-electron chi connectivity index (χ3n) is 3.86. The zero-order valence-corrected chi connectivity index (χ0v) is 13.1. The van der Waals surface area contributed by atoms with Gasteiger partial charge in [0.1, 0.15) is 0 Å². The first-order valence-corrected chi connectivity index (χ1v) is 7.84. The van der Waals surface area contributed by atoms with E-state index >= 15 is 0 Å². The van der Waals surface area contributed by atoms with Crippen LogP contribution in [0.2, 0.25) is 0 Å². The van der Waals surface area contributed by atoms with Gasteiger partial charge in [0.15, 0.2) is 0 Å². The number of hydrogen-bond acceptors (Lipinski definition) is 4. The Bertz CT molecular complexity index is 509. The van der Waals surface area contributed by atoms with Crippen molar-refractivity contribution in [1.82, 2.24) is 4.90 Å². The summed E-state index contributed by atoms with van der Waals surface area (Å²) in [6.07, 6.45) is 2.61. The Kier molecular flexibility index (Phi) is 4.81. The van der Waals surface area contributed by atoms with E-state index in [2.05, 4.69) is 6.92 Å². The molecule has 1 aromatic heterocycles. The van der Waals surface area contributed by atoms with Crippen molar-refractivity contribution in [1.29, 1.82) is 0 Å². The van der Waals surface area contributed by atoms with Crippen molar-refractivity contribution in [3.63, 3.8) is 0 Å². The van der Waals surface area contributed by atoms with Gasteiger partial charge >= 0.3 is 5.97 Å². The largest absolute Gasteiger partial charge is 0.469 e. The van der Waals surface area contributed by atoms with Crippen molar-refractivity contribution in [3.05, 3.63) is 21.4 Å². The van der Waals surface area contributed by atoms with Crippen molar-refractivity contribution in [3.8, 4) is 0 Å². The van der Waals surface area contributed by atoms with E-state index in [0.29, 0.717) is 6.54 Å². The number of carbonyl (C=O) groups excluding carboxylic acids is 2. The maximum absolute atomic E-state index is 12.5. The van der Waals surface area contributed by atoms with Crippen molar-refractivity contribution in [2.24, 2.45) is 5.92 Å². The maximum atomic E-state index is 12.5. The van der Waals surface area contributed by atoms with Gasteiger partial charge in [0.2, 0.25) is 0 Å². The summed E-state index contributed by atoms with van der Waals surface area (Å²) in [5, 5.41) is 0. The molecule has 1 aromatic rings. The Balaban J connectivity index is 2.10. The van der Waals surface area contributed by atoms with Gasteiger partial charge in [-0.25, -0.2) is 0 Å². The van der Waals surface area contributed by atoms with Crippen LogP contribution in [0.15, 0.2) is 6.07 Å². The van der Waals surface area contributed by atoms with E-state index in [1.54, 1.807) is 16.2 Å². The topological polar surface area (TPSA) is 46.6 Å². The first-order valence-electron chi connectivity index (χ1n) is 7.03. The van der Waals surface area contributed by atoms with Gasteiger partial charge in [-0.15, -0.1) is 11.3 Å². The summed E-state index contributed by atoms with van der Waals surface area (Å²) < 4.78 is 4.79. The number of carbonyl (C=O) groups is 2. The Morgan fingerprint density at radius 2 is 2.25 bits per heavy atom. The lowest BCUT2D eigenvalue weighted by molar-refractivity contribution is -0.146. The molecule has 2 heterocycles. The highest BCUT2D eigenvalue weighted by Crippen LogP contribution is 2.26. The van der Waals surface area contributed by atoms with Crippen molar-refractivity contribution < 1.29 is 14.3 Å². The Labute approximate surface area is 123 Å². The van der Waals surface area contributed by atoms with Crippen LogP contribution >= 0.6 is 11.3 Å². The quantitative estimate of drug-likeness (QED) is 0.805. The number of piperidine rings is 1. The van der Waals surface area contributed by atoms with Crippen molar-refractivity contribution in [2.75, 3.05) is 20.2 Å². The zero-order chi connectivity index (χ0) is 14.7. The second-order valence-electron chi connectivity index (χ2n) is 5.16. The average molecular weight is 295 g/mol. The minimum atomic E-state index is -0.209. The highest BCUT2D eigenvalue weighted by Gasteiger charge is 2.30. The maximum Gasteiger partial charge on any atom is 0.310 e. The van der Waals surface area contributed by atoms with Gasteiger partial charge in [-0.1, -0.05) is 6.92 Å². The normalized spacial score (nSPS) is 18.9. The Morgan fingerprint density at radius 3 is 2.85 bits per heavy atom. The predicted molar refractivity (Wildman–Crippen MR) is 79.1 cm³/mol. The average Bonchev–Trinajstić information content (AvgIpc) is 2.86. The number of rotatable bonds is 3. The smallest absolute Gasteiger partial charge is 0.310 e. The van der Waals surface area contributed by atoms with E-state index in [-0.39, 0.29) is 17.8 Å². The summed E-state index contributed by atoms with van der Waals surface area (Å²) in [5.74, 6) is -0.338. The number of ether oxygens (including phenoxy) is 1. The fraction of sp³-hybridized carbons (Fsp3) is 0.600. The van der Waals surface area contributed by atoms with Gasteiger partial charge in [-0.3, -0.25) is 9.59 Å². The highest BCUT2D eigenvalue weighted by atomic mass is 32.1. The van der Waals surface area contributed by atoms with Gasteiger partial charge < -0.3 is 9.64 Å². The van der Waals surface area contributed by atoms with E-state index in [0.717, 1.165) is 30.7 Å². The van der Waals surface area contributed by atoms with Gasteiger partial charge in [-0.2, -0.15) is 0 Å².